The molecule has 0 saturated heterocycles. The largest absolute Gasteiger partial charge is 0.465 e. The van der Waals surface area contributed by atoms with Crippen molar-refractivity contribution in [2.24, 2.45) is 0 Å². The molecular formula is C14H17N3O3. The van der Waals surface area contributed by atoms with Gasteiger partial charge in [0.15, 0.2) is 6.33 Å². The highest BCUT2D eigenvalue weighted by Crippen LogP contribution is 2.08. The van der Waals surface area contributed by atoms with Gasteiger partial charge in [0, 0.05) is 6.54 Å². The minimum absolute atomic E-state index is 0.186. The summed E-state index contributed by atoms with van der Waals surface area (Å²) in [5.74, 6) is 0.216. The maximum atomic E-state index is 11.6. The van der Waals surface area contributed by atoms with Crippen molar-refractivity contribution in [3.05, 3.63) is 48.1 Å². The van der Waals surface area contributed by atoms with Crippen LogP contribution in [0.5, 0.6) is 0 Å². The second-order valence-corrected chi connectivity index (χ2v) is 4.27. The topological polar surface area (TPSA) is 68.5 Å². The molecule has 0 aliphatic heterocycles. The van der Waals surface area contributed by atoms with Crippen LogP contribution in [0.3, 0.4) is 0 Å². The molecule has 0 atom stereocenters. The second kappa shape index (κ2) is 7.40. The zero-order valence-corrected chi connectivity index (χ0v) is 11.4. The summed E-state index contributed by atoms with van der Waals surface area (Å²) in [5, 5.41) is 3.57. The lowest BCUT2D eigenvalue weighted by Gasteiger charge is -2.19. The molecule has 20 heavy (non-hydrogen) atoms. The van der Waals surface area contributed by atoms with Crippen molar-refractivity contribution in [2.75, 3.05) is 13.2 Å². The van der Waals surface area contributed by atoms with E-state index in [1.165, 1.54) is 6.33 Å². The standard InChI is InChI=1S/C14H17N3O3/c1-2-19-14(18)10-17(9-13-15-11-16-20-13)8-12-6-4-3-5-7-12/h3-7,11H,2,8-10H2,1H3. The van der Waals surface area contributed by atoms with Crippen LogP contribution in [-0.4, -0.2) is 34.2 Å². The lowest BCUT2D eigenvalue weighted by molar-refractivity contribution is -0.144. The highest BCUT2D eigenvalue weighted by atomic mass is 16.5. The predicted octanol–water partition coefficient (Wildman–Crippen LogP) is 1.63. The number of aromatic nitrogens is 2. The summed E-state index contributed by atoms with van der Waals surface area (Å²) in [6, 6.07) is 9.89. The molecule has 0 saturated carbocycles. The van der Waals surface area contributed by atoms with E-state index in [0.29, 0.717) is 25.6 Å². The number of rotatable bonds is 7. The van der Waals surface area contributed by atoms with Gasteiger partial charge in [-0.2, -0.15) is 4.98 Å². The van der Waals surface area contributed by atoms with E-state index < -0.39 is 0 Å². The molecule has 0 N–H and O–H groups in total. The number of ether oxygens (including phenoxy) is 1. The lowest BCUT2D eigenvalue weighted by Crippen LogP contribution is -2.30. The van der Waals surface area contributed by atoms with E-state index in [2.05, 4.69) is 10.1 Å². The van der Waals surface area contributed by atoms with Gasteiger partial charge in [-0.05, 0) is 12.5 Å². The first-order valence-corrected chi connectivity index (χ1v) is 6.45. The third-order valence-electron chi connectivity index (χ3n) is 2.67. The van der Waals surface area contributed by atoms with Crippen molar-refractivity contribution < 1.29 is 14.1 Å². The van der Waals surface area contributed by atoms with E-state index in [1.54, 1.807) is 6.92 Å². The van der Waals surface area contributed by atoms with Crippen LogP contribution in [0.4, 0.5) is 0 Å². The SMILES string of the molecule is CCOC(=O)CN(Cc1ccccc1)Cc1ncno1. The Morgan fingerprint density at radius 3 is 2.75 bits per heavy atom. The normalized spacial score (nSPS) is 10.7. The van der Waals surface area contributed by atoms with Crippen molar-refractivity contribution in [1.82, 2.24) is 15.0 Å². The van der Waals surface area contributed by atoms with Crippen LogP contribution in [0.15, 0.2) is 41.2 Å². The molecule has 6 nitrogen and oxygen atoms in total. The Bertz CT molecular complexity index is 514. The Hall–Kier alpha value is -2.21. The van der Waals surface area contributed by atoms with Gasteiger partial charge in [-0.3, -0.25) is 9.69 Å². The minimum atomic E-state index is -0.261. The molecular weight excluding hydrogens is 258 g/mol. The van der Waals surface area contributed by atoms with Gasteiger partial charge in [0.1, 0.15) is 0 Å². The zero-order valence-electron chi connectivity index (χ0n) is 11.4. The van der Waals surface area contributed by atoms with E-state index in [9.17, 15) is 4.79 Å². The van der Waals surface area contributed by atoms with E-state index in [1.807, 2.05) is 35.2 Å². The number of carbonyl (C=O) groups excluding carboxylic acids is 1. The molecule has 0 bridgehead atoms. The highest BCUT2D eigenvalue weighted by Gasteiger charge is 2.15. The van der Waals surface area contributed by atoms with Crippen LogP contribution in [0.1, 0.15) is 18.4 Å². The van der Waals surface area contributed by atoms with Gasteiger partial charge in [0.2, 0.25) is 5.89 Å². The molecule has 2 rings (SSSR count). The first-order valence-electron chi connectivity index (χ1n) is 6.45. The van der Waals surface area contributed by atoms with Crippen molar-refractivity contribution >= 4 is 5.97 Å². The number of nitrogens with zero attached hydrogens (tertiary/aromatic N) is 3. The summed E-state index contributed by atoms with van der Waals surface area (Å²) < 4.78 is 9.97. The van der Waals surface area contributed by atoms with E-state index in [0.717, 1.165) is 5.56 Å². The number of benzene rings is 1. The van der Waals surface area contributed by atoms with Crippen LogP contribution in [-0.2, 0) is 22.6 Å². The Labute approximate surface area is 117 Å². The zero-order chi connectivity index (χ0) is 14.2. The smallest absolute Gasteiger partial charge is 0.320 e. The summed E-state index contributed by atoms with van der Waals surface area (Å²) in [7, 11) is 0. The molecule has 0 aliphatic carbocycles. The lowest BCUT2D eigenvalue weighted by atomic mass is 10.2. The Kier molecular flexibility index (Phi) is 5.25. The molecule has 6 heteroatoms. The molecule has 2 aromatic rings. The average molecular weight is 275 g/mol. The molecule has 0 unspecified atom stereocenters. The quantitative estimate of drug-likeness (QED) is 0.715. The number of esters is 1. The van der Waals surface area contributed by atoms with Gasteiger partial charge < -0.3 is 9.26 Å². The summed E-state index contributed by atoms with van der Waals surface area (Å²) in [4.78, 5) is 17.5. The van der Waals surface area contributed by atoms with Gasteiger partial charge in [-0.25, -0.2) is 0 Å². The Balaban J connectivity index is 2.01. The number of carbonyl (C=O) groups is 1. The average Bonchev–Trinajstić information content (AvgIpc) is 2.93. The maximum Gasteiger partial charge on any atom is 0.320 e. The second-order valence-electron chi connectivity index (χ2n) is 4.27. The van der Waals surface area contributed by atoms with E-state index in [-0.39, 0.29) is 12.5 Å². The fourth-order valence-electron chi connectivity index (χ4n) is 1.86. The fourth-order valence-corrected chi connectivity index (χ4v) is 1.86. The third kappa shape index (κ3) is 4.47. The van der Waals surface area contributed by atoms with Crippen LogP contribution < -0.4 is 0 Å². The molecule has 0 radical (unpaired) electrons. The highest BCUT2D eigenvalue weighted by molar-refractivity contribution is 5.71. The summed E-state index contributed by atoms with van der Waals surface area (Å²) >= 11 is 0. The van der Waals surface area contributed by atoms with Gasteiger partial charge >= 0.3 is 5.97 Å². The summed E-state index contributed by atoms with van der Waals surface area (Å²) in [6.07, 6.45) is 1.35. The Morgan fingerprint density at radius 1 is 1.30 bits per heavy atom. The van der Waals surface area contributed by atoms with E-state index in [4.69, 9.17) is 9.26 Å². The molecule has 0 spiro atoms. The summed E-state index contributed by atoms with van der Waals surface area (Å²) in [6.45, 7) is 3.37. The fraction of sp³-hybridized carbons (Fsp3) is 0.357. The number of hydrogen-bond acceptors (Lipinski definition) is 6. The van der Waals surface area contributed by atoms with Crippen molar-refractivity contribution in [3.63, 3.8) is 0 Å². The van der Waals surface area contributed by atoms with Crippen molar-refractivity contribution in [3.8, 4) is 0 Å². The third-order valence-corrected chi connectivity index (χ3v) is 2.67. The molecule has 1 aromatic carbocycles. The molecule has 0 amide bonds. The van der Waals surface area contributed by atoms with Crippen molar-refractivity contribution in [2.45, 2.75) is 20.0 Å². The van der Waals surface area contributed by atoms with Crippen LogP contribution in [0.25, 0.3) is 0 Å². The molecule has 1 aromatic heterocycles. The first-order chi connectivity index (χ1) is 9.78. The van der Waals surface area contributed by atoms with Crippen molar-refractivity contribution in [1.29, 1.82) is 0 Å². The maximum absolute atomic E-state index is 11.6. The molecule has 0 fully saturated rings. The van der Waals surface area contributed by atoms with Crippen LogP contribution >= 0.6 is 0 Å². The predicted molar refractivity (Wildman–Crippen MR) is 71.5 cm³/mol. The minimum Gasteiger partial charge on any atom is -0.465 e. The van der Waals surface area contributed by atoms with Gasteiger partial charge in [0.05, 0.1) is 19.7 Å². The van der Waals surface area contributed by atoms with Gasteiger partial charge in [-0.1, -0.05) is 35.5 Å². The summed E-state index contributed by atoms with van der Waals surface area (Å²) in [5.41, 5.74) is 1.11. The van der Waals surface area contributed by atoms with Gasteiger partial charge in [-0.15, -0.1) is 0 Å². The first kappa shape index (κ1) is 14.2. The monoisotopic (exact) mass is 275 g/mol. The van der Waals surface area contributed by atoms with E-state index >= 15 is 0 Å². The molecule has 1 heterocycles. The molecule has 0 aliphatic rings. The molecule has 106 valence electrons. The van der Waals surface area contributed by atoms with Crippen LogP contribution in [0, 0.1) is 0 Å². The Morgan fingerprint density at radius 2 is 2.10 bits per heavy atom. The van der Waals surface area contributed by atoms with Crippen LogP contribution in [0.2, 0.25) is 0 Å². The van der Waals surface area contributed by atoms with Gasteiger partial charge in [0.25, 0.3) is 0 Å². The number of hydrogen-bond donors (Lipinski definition) is 0.